The summed E-state index contributed by atoms with van der Waals surface area (Å²) in [7, 11) is 0. The lowest BCUT2D eigenvalue weighted by molar-refractivity contribution is -0.136. The fourth-order valence-corrected chi connectivity index (χ4v) is 3.17. The second-order valence-electron chi connectivity index (χ2n) is 5.73. The number of halogens is 1. The molecule has 124 valence electrons. The van der Waals surface area contributed by atoms with E-state index in [0.717, 1.165) is 36.1 Å². The van der Waals surface area contributed by atoms with Gasteiger partial charge in [0.05, 0.1) is 5.92 Å². The number of ether oxygens (including phenoxy) is 1. The van der Waals surface area contributed by atoms with Crippen molar-refractivity contribution in [1.82, 2.24) is 0 Å². The predicted molar refractivity (Wildman–Crippen MR) is 94.7 cm³/mol. The fourth-order valence-electron chi connectivity index (χ4n) is 3.05. The Morgan fingerprint density at radius 1 is 1.25 bits per heavy atom. The first-order valence-corrected chi connectivity index (χ1v) is 8.12. The number of guanidine groups is 1. The molecular formula is C18H18ClN3O2. The van der Waals surface area contributed by atoms with Crippen LogP contribution in [-0.2, 0) is 11.2 Å². The largest absolute Gasteiger partial charge is 0.426 e. The van der Waals surface area contributed by atoms with Crippen molar-refractivity contribution < 1.29 is 9.53 Å². The molecule has 0 fully saturated rings. The molecule has 0 heterocycles. The minimum absolute atomic E-state index is 0.116. The maximum atomic E-state index is 12.6. The Kier molecular flexibility index (Phi) is 4.71. The lowest BCUT2D eigenvalue weighted by Crippen LogP contribution is -2.26. The Morgan fingerprint density at radius 2 is 2.00 bits per heavy atom. The molecule has 0 amide bonds. The van der Waals surface area contributed by atoms with E-state index in [1.165, 1.54) is 0 Å². The molecule has 5 nitrogen and oxygen atoms in total. The lowest BCUT2D eigenvalue weighted by atomic mass is 9.82. The van der Waals surface area contributed by atoms with E-state index in [9.17, 15) is 4.79 Å². The van der Waals surface area contributed by atoms with E-state index in [4.69, 9.17) is 27.5 Å². The van der Waals surface area contributed by atoms with Crippen LogP contribution in [-0.4, -0.2) is 11.9 Å². The molecule has 1 aliphatic rings. The number of hydrogen-bond donors (Lipinski definition) is 3. The van der Waals surface area contributed by atoms with E-state index >= 15 is 0 Å². The third-order valence-corrected chi connectivity index (χ3v) is 4.35. The number of carbonyl (C=O) groups is 1. The van der Waals surface area contributed by atoms with Gasteiger partial charge in [-0.25, -0.2) is 0 Å². The van der Waals surface area contributed by atoms with Crippen molar-refractivity contribution in [2.45, 2.75) is 25.2 Å². The molecule has 0 saturated carbocycles. The zero-order valence-corrected chi connectivity index (χ0v) is 13.8. The standard InChI is InChI=1S/C18H18ClN3O2/c19-11-7-9-12(10-8-11)24-17(23)15-5-1-4-14-13(15)3-2-6-16(14)22-18(20)21/h2-3,6-10,15H,1,4-5H2,(H4,20,21,22). The van der Waals surface area contributed by atoms with Crippen LogP contribution in [0.15, 0.2) is 42.5 Å². The first-order valence-electron chi connectivity index (χ1n) is 7.74. The molecule has 0 bridgehead atoms. The smallest absolute Gasteiger partial charge is 0.318 e. The molecular weight excluding hydrogens is 326 g/mol. The van der Waals surface area contributed by atoms with Gasteiger partial charge in [0.1, 0.15) is 5.75 Å². The first-order chi connectivity index (χ1) is 11.5. The van der Waals surface area contributed by atoms with Crippen molar-refractivity contribution in [3.8, 4) is 5.75 Å². The molecule has 6 heteroatoms. The lowest BCUT2D eigenvalue weighted by Gasteiger charge is -2.26. The average Bonchev–Trinajstić information content (AvgIpc) is 2.56. The summed E-state index contributed by atoms with van der Waals surface area (Å²) in [5.74, 6) is -0.236. The summed E-state index contributed by atoms with van der Waals surface area (Å²) in [6.07, 6.45) is 2.46. The first kappa shape index (κ1) is 16.3. The molecule has 0 radical (unpaired) electrons. The maximum absolute atomic E-state index is 12.6. The Hall–Kier alpha value is -2.53. The van der Waals surface area contributed by atoms with Crippen LogP contribution in [0, 0.1) is 5.41 Å². The quantitative estimate of drug-likeness (QED) is 0.343. The molecule has 1 unspecified atom stereocenters. The minimum atomic E-state index is -0.321. The summed E-state index contributed by atoms with van der Waals surface area (Å²) in [5.41, 5.74) is 8.18. The molecule has 1 atom stereocenters. The van der Waals surface area contributed by atoms with Crippen molar-refractivity contribution in [3.63, 3.8) is 0 Å². The van der Waals surface area contributed by atoms with Gasteiger partial charge >= 0.3 is 5.97 Å². The number of hydrogen-bond acceptors (Lipinski definition) is 3. The van der Waals surface area contributed by atoms with Gasteiger partial charge in [-0.2, -0.15) is 0 Å². The predicted octanol–water partition coefficient (Wildman–Crippen LogP) is 3.67. The van der Waals surface area contributed by atoms with Gasteiger partial charge in [-0.05, 0) is 60.7 Å². The molecule has 0 aromatic heterocycles. The molecule has 24 heavy (non-hydrogen) atoms. The van der Waals surface area contributed by atoms with Crippen LogP contribution >= 0.6 is 11.6 Å². The van der Waals surface area contributed by atoms with Gasteiger partial charge in [0.15, 0.2) is 5.96 Å². The summed E-state index contributed by atoms with van der Waals surface area (Å²) in [4.78, 5) is 12.6. The number of esters is 1. The van der Waals surface area contributed by atoms with Crippen molar-refractivity contribution in [2.75, 3.05) is 5.32 Å². The van der Waals surface area contributed by atoms with Crippen molar-refractivity contribution >= 4 is 29.2 Å². The number of rotatable bonds is 3. The van der Waals surface area contributed by atoms with Gasteiger partial charge in [0.25, 0.3) is 0 Å². The summed E-state index contributed by atoms with van der Waals surface area (Å²) in [6, 6.07) is 12.4. The number of fused-ring (bicyclic) bond motifs is 1. The molecule has 3 rings (SSSR count). The fraction of sp³-hybridized carbons (Fsp3) is 0.222. The summed E-state index contributed by atoms with van der Waals surface area (Å²) in [6.45, 7) is 0. The molecule has 2 aromatic rings. The Bertz CT molecular complexity index is 774. The SMILES string of the molecule is N=C(N)Nc1cccc2c1CCCC2C(=O)Oc1ccc(Cl)cc1. The monoisotopic (exact) mass is 343 g/mol. The zero-order chi connectivity index (χ0) is 17.1. The van der Waals surface area contributed by atoms with Gasteiger partial charge in [0, 0.05) is 10.7 Å². The molecule has 0 spiro atoms. The minimum Gasteiger partial charge on any atom is -0.426 e. The van der Waals surface area contributed by atoms with E-state index in [1.807, 2.05) is 18.2 Å². The number of benzene rings is 2. The van der Waals surface area contributed by atoms with Crippen LogP contribution in [0.4, 0.5) is 5.69 Å². The van der Waals surface area contributed by atoms with Gasteiger partial charge < -0.3 is 15.8 Å². The Morgan fingerprint density at radius 3 is 2.71 bits per heavy atom. The molecule has 0 saturated heterocycles. The maximum Gasteiger partial charge on any atom is 0.318 e. The van der Waals surface area contributed by atoms with Crippen LogP contribution in [0.1, 0.15) is 29.9 Å². The highest BCUT2D eigenvalue weighted by Gasteiger charge is 2.29. The van der Waals surface area contributed by atoms with E-state index < -0.39 is 0 Å². The van der Waals surface area contributed by atoms with E-state index in [0.29, 0.717) is 10.8 Å². The van der Waals surface area contributed by atoms with Crippen molar-refractivity contribution in [2.24, 2.45) is 5.73 Å². The number of nitrogens with one attached hydrogen (secondary N) is 2. The Balaban J connectivity index is 1.84. The van der Waals surface area contributed by atoms with Gasteiger partial charge in [-0.15, -0.1) is 0 Å². The third kappa shape index (κ3) is 3.51. The average molecular weight is 344 g/mol. The second-order valence-corrected chi connectivity index (χ2v) is 6.17. The van der Waals surface area contributed by atoms with Crippen molar-refractivity contribution in [1.29, 1.82) is 5.41 Å². The Labute approximate surface area is 145 Å². The van der Waals surface area contributed by atoms with Gasteiger partial charge in [-0.3, -0.25) is 10.2 Å². The van der Waals surface area contributed by atoms with E-state index in [2.05, 4.69) is 5.32 Å². The highest BCUT2D eigenvalue weighted by Crippen LogP contribution is 2.36. The molecule has 0 aliphatic heterocycles. The normalized spacial score (nSPS) is 16.1. The molecule has 2 aromatic carbocycles. The topological polar surface area (TPSA) is 88.2 Å². The third-order valence-electron chi connectivity index (χ3n) is 4.09. The van der Waals surface area contributed by atoms with E-state index in [-0.39, 0.29) is 17.8 Å². The van der Waals surface area contributed by atoms with Gasteiger partial charge in [-0.1, -0.05) is 23.7 Å². The molecule has 1 aliphatic carbocycles. The highest BCUT2D eigenvalue weighted by atomic mass is 35.5. The van der Waals surface area contributed by atoms with Crippen LogP contribution in [0.25, 0.3) is 0 Å². The molecule has 4 N–H and O–H groups in total. The number of anilines is 1. The van der Waals surface area contributed by atoms with Crippen LogP contribution < -0.4 is 15.8 Å². The van der Waals surface area contributed by atoms with Crippen molar-refractivity contribution in [3.05, 3.63) is 58.6 Å². The summed E-state index contributed by atoms with van der Waals surface area (Å²) >= 11 is 5.85. The summed E-state index contributed by atoms with van der Waals surface area (Å²) in [5, 5.41) is 10.9. The second kappa shape index (κ2) is 6.93. The van der Waals surface area contributed by atoms with Crippen LogP contribution in [0.5, 0.6) is 5.75 Å². The highest BCUT2D eigenvalue weighted by molar-refractivity contribution is 6.30. The summed E-state index contributed by atoms with van der Waals surface area (Å²) < 4.78 is 5.50. The van der Waals surface area contributed by atoms with Crippen LogP contribution in [0.3, 0.4) is 0 Å². The zero-order valence-electron chi connectivity index (χ0n) is 13.0. The number of carbonyl (C=O) groups excluding carboxylic acids is 1. The van der Waals surface area contributed by atoms with E-state index in [1.54, 1.807) is 24.3 Å². The van der Waals surface area contributed by atoms with Crippen LogP contribution in [0.2, 0.25) is 5.02 Å². The van der Waals surface area contributed by atoms with Gasteiger partial charge in [0.2, 0.25) is 0 Å². The number of nitrogens with two attached hydrogens (primary N) is 1.